The number of hydrogen-bond acceptors (Lipinski definition) is 4. The zero-order valence-corrected chi connectivity index (χ0v) is 15.0. The molecule has 25 heavy (non-hydrogen) atoms. The molecule has 1 aromatic rings. The maximum Gasteiger partial charge on any atom is 0.410 e. The monoisotopic (exact) mass is 345 g/mol. The third kappa shape index (κ3) is 3.80. The summed E-state index contributed by atoms with van der Waals surface area (Å²) in [6.45, 7) is 4.19. The number of rotatable bonds is 6. The first-order valence-corrected chi connectivity index (χ1v) is 9.23. The zero-order valence-electron chi connectivity index (χ0n) is 15.0. The van der Waals surface area contributed by atoms with Crippen LogP contribution in [0.4, 0.5) is 4.79 Å². The van der Waals surface area contributed by atoms with Crippen molar-refractivity contribution in [1.29, 1.82) is 0 Å². The first-order valence-electron chi connectivity index (χ1n) is 9.23. The van der Waals surface area contributed by atoms with Crippen LogP contribution in [-0.2, 0) is 14.3 Å². The summed E-state index contributed by atoms with van der Waals surface area (Å²) in [7, 11) is 0. The van der Waals surface area contributed by atoms with Crippen molar-refractivity contribution in [3.8, 4) is 0 Å². The van der Waals surface area contributed by atoms with Gasteiger partial charge in [0.15, 0.2) is 0 Å². The molecular weight excluding hydrogens is 318 g/mol. The quantitative estimate of drug-likeness (QED) is 0.584. The second-order valence-corrected chi connectivity index (χ2v) is 7.00. The summed E-state index contributed by atoms with van der Waals surface area (Å²) in [6.07, 6.45) is 3.34. The normalized spacial score (nSPS) is 27.1. The molecule has 0 spiro atoms. The van der Waals surface area contributed by atoms with Crippen LogP contribution in [0.1, 0.15) is 44.6 Å². The van der Waals surface area contributed by atoms with Crippen LogP contribution in [0, 0.1) is 11.8 Å². The van der Waals surface area contributed by atoms with Crippen LogP contribution in [0.25, 0.3) is 0 Å². The fourth-order valence-electron chi connectivity index (χ4n) is 4.71. The largest absolute Gasteiger partial charge is 0.462 e. The molecule has 1 aromatic carbocycles. The lowest BCUT2D eigenvalue weighted by Gasteiger charge is -2.39. The smallest absolute Gasteiger partial charge is 0.410 e. The predicted octanol–water partition coefficient (Wildman–Crippen LogP) is 3.59. The number of likely N-dealkylation sites (N-methyl/N-ethyl adjacent to an activating group) is 1. The molecule has 0 N–H and O–H groups in total. The van der Waals surface area contributed by atoms with Crippen molar-refractivity contribution in [3.05, 3.63) is 35.9 Å². The Labute approximate surface area is 149 Å². The van der Waals surface area contributed by atoms with Crippen molar-refractivity contribution in [2.45, 2.75) is 45.1 Å². The Morgan fingerprint density at radius 2 is 1.76 bits per heavy atom. The van der Waals surface area contributed by atoms with Gasteiger partial charge in [-0.1, -0.05) is 30.3 Å². The molecule has 4 unspecified atom stereocenters. The number of benzene rings is 1. The van der Waals surface area contributed by atoms with Gasteiger partial charge >= 0.3 is 12.1 Å². The van der Waals surface area contributed by atoms with E-state index in [2.05, 4.69) is 24.3 Å². The molecule has 4 atom stereocenters. The summed E-state index contributed by atoms with van der Waals surface area (Å²) in [4.78, 5) is 25.3. The molecule has 0 saturated heterocycles. The lowest BCUT2D eigenvalue weighted by atomic mass is 9.79. The van der Waals surface area contributed by atoms with Gasteiger partial charge in [-0.25, -0.2) is 4.79 Å². The Hall–Kier alpha value is -2.04. The molecule has 0 radical (unpaired) electrons. The van der Waals surface area contributed by atoms with E-state index in [9.17, 15) is 9.59 Å². The van der Waals surface area contributed by atoms with Crippen LogP contribution < -0.4 is 0 Å². The average Bonchev–Trinajstić information content (AvgIpc) is 3.22. The SMILES string of the molecule is CCN(C(=O)OCCOC(C)=O)C1C2CCC(C2)C1c1ccccc1. The van der Waals surface area contributed by atoms with Crippen molar-refractivity contribution >= 4 is 12.1 Å². The van der Waals surface area contributed by atoms with E-state index in [4.69, 9.17) is 9.47 Å². The molecule has 2 saturated carbocycles. The highest BCUT2D eigenvalue weighted by Crippen LogP contribution is 2.54. The van der Waals surface area contributed by atoms with E-state index in [0.717, 1.165) is 0 Å². The second kappa shape index (κ2) is 7.89. The van der Waals surface area contributed by atoms with E-state index in [1.54, 1.807) is 0 Å². The Kier molecular flexibility index (Phi) is 5.61. The van der Waals surface area contributed by atoms with Crippen LogP contribution in [0.2, 0.25) is 0 Å². The maximum absolute atomic E-state index is 12.6. The molecule has 0 aliphatic heterocycles. The lowest BCUT2D eigenvalue weighted by molar-refractivity contribution is -0.142. The van der Waals surface area contributed by atoms with Gasteiger partial charge in [-0.3, -0.25) is 4.79 Å². The molecule has 1 amide bonds. The molecule has 2 fully saturated rings. The number of esters is 1. The van der Waals surface area contributed by atoms with E-state index in [1.165, 1.54) is 31.7 Å². The van der Waals surface area contributed by atoms with Crippen molar-refractivity contribution < 1.29 is 19.1 Å². The highest BCUT2D eigenvalue weighted by molar-refractivity contribution is 5.68. The van der Waals surface area contributed by atoms with Gasteiger partial charge in [0.2, 0.25) is 0 Å². The first-order chi connectivity index (χ1) is 12.1. The van der Waals surface area contributed by atoms with Gasteiger partial charge in [-0.15, -0.1) is 0 Å². The van der Waals surface area contributed by atoms with Gasteiger partial charge in [0.25, 0.3) is 0 Å². The number of ether oxygens (including phenoxy) is 2. The van der Waals surface area contributed by atoms with Crippen LogP contribution in [0.5, 0.6) is 0 Å². The van der Waals surface area contributed by atoms with Crippen LogP contribution in [0.15, 0.2) is 30.3 Å². The van der Waals surface area contributed by atoms with E-state index in [1.807, 2.05) is 17.9 Å². The molecule has 2 aliphatic rings. The average molecular weight is 345 g/mol. The molecule has 0 heterocycles. The fourth-order valence-corrected chi connectivity index (χ4v) is 4.71. The third-order valence-corrected chi connectivity index (χ3v) is 5.61. The van der Waals surface area contributed by atoms with Gasteiger partial charge < -0.3 is 14.4 Å². The number of fused-ring (bicyclic) bond motifs is 2. The number of carbonyl (C=O) groups is 2. The molecule has 5 nitrogen and oxygen atoms in total. The van der Waals surface area contributed by atoms with Gasteiger partial charge in [0.1, 0.15) is 13.2 Å². The highest BCUT2D eigenvalue weighted by atomic mass is 16.6. The minimum atomic E-state index is -0.361. The molecule has 0 aromatic heterocycles. The van der Waals surface area contributed by atoms with Crippen molar-refractivity contribution in [2.24, 2.45) is 11.8 Å². The maximum atomic E-state index is 12.6. The summed E-state index contributed by atoms with van der Waals surface area (Å²) < 4.78 is 10.2. The fraction of sp³-hybridized carbons (Fsp3) is 0.600. The molecule has 2 aliphatic carbocycles. The summed E-state index contributed by atoms with van der Waals surface area (Å²) in [6, 6.07) is 10.7. The molecule has 136 valence electrons. The van der Waals surface area contributed by atoms with E-state index < -0.39 is 0 Å². The first kappa shape index (κ1) is 17.8. The Morgan fingerprint density at radius 1 is 1.08 bits per heavy atom. The second-order valence-electron chi connectivity index (χ2n) is 7.00. The van der Waals surface area contributed by atoms with Crippen LogP contribution in [-0.4, -0.2) is 42.8 Å². The van der Waals surface area contributed by atoms with E-state index in [0.29, 0.717) is 24.3 Å². The predicted molar refractivity (Wildman–Crippen MR) is 94.2 cm³/mol. The molecule has 5 heteroatoms. The van der Waals surface area contributed by atoms with Crippen molar-refractivity contribution in [3.63, 3.8) is 0 Å². The minimum Gasteiger partial charge on any atom is -0.462 e. The van der Waals surface area contributed by atoms with E-state index in [-0.39, 0.29) is 31.3 Å². The number of hydrogen-bond donors (Lipinski definition) is 0. The molecule has 2 bridgehead atoms. The van der Waals surface area contributed by atoms with Gasteiger partial charge in [0, 0.05) is 25.4 Å². The number of nitrogens with zero attached hydrogens (tertiary/aromatic N) is 1. The lowest BCUT2D eigenvalue weighted by Crippen LogP contribution is -2.47. The Bertz CT molecular complexity index is 603. The third-order valence-electron chi connectivity index (χ3n) is 5.61. The van der Waals surface area contributed by atoms with Gasteiger partial charge in [-0.05, 0) is 43.6 Å². The molecular formula is C20H27NO4. The van der Waals surface area contributed by atoms with Gasteiger partial charge in [0.05, 0.1) is 0 Å². The summed E-state index contributed by atoms with van der Waals surface area (Å²) in [5.41, 5.74) is 1.32. The number of carbonyl (C=O) groups excluding carboxylic acids is 2. The molecule has 3 rings (SSSR count). The standard InChI is InChI=1S/C20H27NO4/c1-3-21(20(23)25-12-11-24-14(2)22)19-17-10-9-16(13-17)18(19)15-7-5-4-6-8-15/h4-8,16-19H,3,9-13H2,1-2H3. The van der Waals surface area contributed by atoms with Crippen molar-refractivity contribution in [2.75, 3.05) is 19.8 Å². The highest BCUT2D eigenvalue weighted by Gasteiger charge is 2.51. The summed E-state index contributed by atoms with van der Waals surface area (Å²) in [5.74, 6) is 1.23. The minimum absolute atomic E-state index is 0.103. The Balaban J connectivity index is 1.70. The zero-order chi connectivity index (χ0) is 17.8. The topological polar surface area (TPSA) is 55.8 Å². The summed E-state index contributed by atoms with van der Waals surface area (Å²) >= 11 is 0. The summed E-state index contributed by atoms with van der Waals surface area (Å²) in [5, 5.41) is 0. The van der Waals surface area contributed by atoms with Crippen LogP contribution in [0.3, 0.4) is 0 Å². The van der Waals surface area contributed by atoms with Gasteiger partial charge in [-0.2, -0.15) is 0 Å². The Morgan fingerprint density at radius 3 is 2.44 bits per heavy atom. The van der Waals surface area contributed by atoms with Crippen LogP contribution >= 0.6 is 0 Å². The number of amides is 1. The van der Waals surface area contributed by atoms with Crippen molar-refractivity contribution in [1.82, 2.24) is 4.90 Å². The van der Waals surface area contributed by atoms with E-state index >= 15 is 0 Å².